The number of rotatable bonds is 4. The first kappa shape index (κ1) is 16.0. The van der Waals surface area contributed by atoms with Crippen LogP contribution in [-0.2, 0) is 7.05 Å². The number of fused-ring (bicyclic) bond motifs is 3. The van der Waals surface area contributed by atoms with Crippen molar-refractivity contribution in [3.63, 3.8) is 0 Å². The van der Waals surface area contributed by atoms with E-state index in [2.05, 4.69) is 27.4 Å². The summed E-state index contributed by atoms with van der Waals surface area (Å²) in [4.78, 5) is 4.62. The first-order chi connectivity index (χ1) is 12.3. The Labute approximate surface area is 150 Å². The quantitative estimate of drug-likeness (QED) is 0.718. The number of aromatic nitrogens is 4. The van der Waals surface area contributed by atoms with Crippen LogP contribution in [0.1, 0.15) is 25.3 Å². The van der Waals surface area contributed by atoms with E-state index < -0.39 is 0 Å². The number of ether oxygens (including phenoxy) is 1. The highest BCUT2D eigenvalue weighted by Crippen LogP contribution is 2.39. The molecular weight excluding hydrogens is 334 g/mol. The van der Waals surface area contributed by atoms with E-state index in [1.807, 2.05) is 54.2 Å². The molecule has 0 aliphatic carbocycles. The van der Waals surface area contributed by atoms with E-state index in [9.17, 15) is 0 Å². The number of aryl methyl sites for hydroxylation is 1. The molecule has 3 heterocycles. The molecule has 2 aromatic heterocycles. The molecule has 7 heteroatoms. The van der Waals surface area contributed by atoms with Crippen molar-refractivity contribution in [3.8, 4) is 17.1 Å². The Morgan fingerprint density at radius 1 is 1.20 bits per heavy atom. The molecule has 128 valence electrons. The summed E-state index contributed by atoms with van der Waals surface area (Å²) in [7, 11) is 2.00. The first-order valence-electron chi connectivity index (χ1n) is 8.27. The summed E-state index contributed by atoms with van der Waals surface area (Å²) in [6, 6.07) is 12.0. The van der Waals surface area contributed by atoms with Crippen LogP contribution in [0.3, 0.4) is 0 Å². The minimum atomic E-state index is -0.344. The summed E-state index contributed by atoms with van der Waals surface area (Å²) in [6.45, 7) is 2.13. The molecule has 1 N–H and O–H groups in total. The Bertz CT molecular complexity index is 895. The Balaban J connectivity index is 1.80. The Morgan fingerprint density at radius 3 is 2.88 bits per heavy atom. The summed E-state index contributed by atoms with van der Waals surface area (Å²) in [5.41, 5.74) is 3.59. The third kappa shape index (κ3) is 3.07. The van der Waals surface area contributed by atoms with Gasteiger partial charge in [-0.3, -0.25) is 0 Å². The molecule has 6 nitrogen and oxygen atoms in total. The average Bonchev–Trinajstić information content (AvgIpc) is 2.98. The summed E-state index contributed by atoms with van der Waals surface area (Å²) in [5.74, 6) is 1.47. The number of para-hydroxylation sites is 1. The molecule has 1 aromatic carbocycles. The van der Waals surface area contributed by atoms with E-state index in [0.717, 1.165) is 29.1 Å². The maximum atomic E-state index is 6.23. The summed E-state index contributed by atoms with van der Waals surface area (Å²) < 4.78 is 8.26. The van der Waals surface area contributed by atoms with Gasteiger partial charge in [-0.15, -0.1) is 10.2 Å². The number of nitrogens with one attached hydrogen (secondary N) is 1. The van der Waals surface area contributed by atoms with Crippen LogP contribution in [-0.4, -0.2) is 25.5 Å². The molecular formula is C18H19N5OS. The third-order valence-electron chi connectivity index (χ3n) is 4.02. The number of benzene rings is 1. The second-order valence-corrected chi connectivity index (χ2v) is 6.89. The molecule has 4 rings (SSSR count). The zero-order valence-corrected chi connectivity index (χ0v) is 15.0. The van der Waals surface area contributed by atoms with Crippen molar-refractivity contribution in [1.29, 1.82) is 0 Å². The van der Waals surface area contributed by atoms with Gasteiger partial charge >= 0.3 is 0 Å². The highest BCUT2D eigenvalue weighted by Gasteiger charge is 2.27. The lowest BCUT2D eigenvalue weighted by Crippen LogP contribution is -2.19. The molecule has 1 aliphatic heterocycles. The Morgan fingerprint density at radius 2 is 2.08 bits per heavy atom. The van der Waals surface area contributed by atoms with Gasteiger partial charge in [-0.05, 0) is 24.6 Å². The number of thioether (sulfide) groups is 1. The average molecular weight is 353 g/mol. The standard InChI is InChI=1S/C18H19N5OS/c1-3-11-25-18-20-17-15(21-22-18)12-7-4-5-8-13(12)19-16(24-17)14-9-6-10-23(14)2/h4-10,16,19H,3,11H2,1-2H3. The monoisotopic (exact) mass is 353 g/mol. The maximum absolute atomic E-state index is 6.23. The second kappa shape index (κ2) is 6.76. The normalized spacial score (nSPS) is 15.5. The zero-order chi connectivity index (χ0) is 17.2. The lowest BCUT2D eigenvalue weighted by molar-refractivity contribution is 0.217. The van der Waals surface area contributed by atoms with Gasteiger partial charge < -0.3 is 14.6 Å². The maximum Gasteiger partial charge on any atom is 0.247 e. The van der Waals surface area contributed by atoms with Gasteiger partial charge in [0.05, 0.1) is 5.69 Å². The number of nitrogens with zero attached hydrogens (tertiary/aromatic N) is 4. The van der Waals surface area contributed by atoms with Gasteiger partial charge in [-0.2, -0.15) is 4.98 Å². The molecule has 0 fully saturated rings. The van der Waals surface area contributed by atoms with Gasteiger partial charge in [-0.25, -0.2) is 0 Å². The number of anilines is 1. The van der Waals surface area contributed by atoms with Crippen LogP contribution in [0.5, 0.6) is 5.88 Å². The third-order valence-corrected chi connectivity index (χ3v) is 5.06. The van der Waals surface area contributed by atoms with Gasteiger partial charge in [0.1, 0.15) is 0 Å². The highest BCUT2D eigenvalue weighted by atomic mass is 32.2. The topological polar surface area (TPSA) is 64.9 Å². The highest BCUT2D eigenvalue weighted by molar-refractivity contribution is 7.99. The van der Waals surface area contributed by atoms with Gasteiger partial charge in [0.2, 0.25) is 17.3 Å². The molecule has 1 unspecified atom stereocenters. The SMILES string of the molecule is CCCSc1nnc2c(n1)OC(c1cccn1C)Nc1ccccc1-2. The van der Waals surface area contributed by atoms with Crippen molar-refractivity contribution in [2.24, 2.45) is 7.05 Å². The van der Waals surface area contributed by atoms with Crippen LogP contribution < -0.4 is 10.1 Å². The van der Waals surface area contributed by atoms with Gasteiger partial charge in [0, 0.05) is 30.2 Å². The number of hydrogen-bond acceptors (Lipinski definition) is 6. The van der Waals surface area contributed by atoms with E-state index in [1.165, 1.54) is 0 Å². The summed E-state index contributed by atoms with van der Waals surface area (Å²) in [6.07, 6.45) is 2.71. The van der Waals surface area contributed by atoms with Crippen LogP contribution in [0, 0.1) is 0 Å². The fourth-order valence-electron chi connectivity index (χ4n) is 2.78. The van der Waals surface area contributed by atoms with Crippen LogP contribution in [0.4, 0.5) is 5.69 Å². The minimum absolute atomic E-state index is 0.344. The molecule has 0 spiro atoms. The second-order valence-electron chi connectivity index (χ2n) is 5.83. The summed E-state index contributed by atoms with van der Waals surface area (Å²) >= 11 is 1.59. The van der Waals surface area contributed by atoms with Crippen LogP contribution in [0.25, 0.3) is 11.3 Å². The molecule has 1 aliphatic rings. The van der Waals surface area contributed by atoms with Crippen LogP contribution in [0.15, 0.2) is 47.8 Å². The van der Waals surface area contributed by atoms with Crippen molar-refractivity contribution in [1.82, 2.24) is 19.7 Å². The van der Waals surface area contributed by atoms with Crippen molar-refractivity contribution < 1.29 is 4.74 Å². The predicted octanol–water partition coefficient (Wildman–Crippen LogP) is 3.88. The Kier molecular flexibility index (Phi) is 4.31. The van der Waals surface area contributed by atoms with E-state index in [4.69, 9.17) is 4.74 Å². The fourth-order valence-corrected chi connectivity index (χ4v) is 3.41. The van der Waals surface area contributed by atoms with Gasteiger partial charge in [0.25, 0.3) is 0 Å². The lowest BCUT2D eigenvalue weighted by Gasteiger charge is -2.19. The Hall–Kier alpha value is -2.54. The van der Waals surface area contributed by atoms with Crippen molar-refractivity contribution in [3.05, 3.63) is 48.3 Å². The molecule has 0 bridgehead atoms. The zero-order valence-electron chi connectivity index (χ0n) is 14.1. The van der Waals surface area contributed by atoms with Gasteiger partial charge in [0.15, 0.2) is 5.69 Å². The van der Waals surface area contributed by atoms with Crippen molar-refractivity contribution in [2.75, 3.05) is 11.1 Å². The van der Waals surface area contributed by atoms with Crippen LogP contribution in [0.2, 0.25) is 0 Å². The van der Waals surface area contributed by atoms with E-state index in [-0.39, 0.29) is 6.23 Å². The molecule has 0 amide bonds. The van der Waals surface area contributed by atoms with Crippen LogP contribution >= 0.6 is 11.8 Å². The molecule has 1 atom stereocenters. The summed E-state index contributed by atoms with van der Waals surface area (Å²) in [5, 5.41) is 12.8. The lowest BCUT2D eigenvalue weighted by atomic mass is 10.1. The van der Waals surface area contributed by atoms with E-state index >= 15 is 0 Å². The molecule has 0 saturated heterocycles. The van der Waals surface area contributed by atoms with Gasteiger partial charge in [-0.1, -0.05) is 36.9 Å². The van der Waals surface area contributed by atoms with Crippen molar-refractivity contribution >= 4 is 17.4 Å². The first-order valence-corrected chi connectivity index (χ1v) is 9.26. The largest absolute Gasteiger partial charge is 0.446 e. The molecule has 0 radical (unpaired) electrons. The molecule has 0 saturated carbocycles. The predicted molar refractivity (Wildman–Crippen MR) is 98.7 cm³/mol. The van der Waals surface area contributed by atoms with Crippen molar-refractivity contribution in [2.45, 2.75) is 24.7 Å². The smallest absolute Gasteiger partial charge is 0.247 e. The molecule has 25 heavy (non-hydrogen) atoms. The van der Waals surface area contributed by atoms with E-state index in [0.29, 0.717) is 16.7 Å². The fraction of sp³-hybridized carbons (Fsp3) is 0.278. The molecule has 3 aromatic rings. The number of hydrogen-bond donors (Lipinski definition) is 1. The minimum Gasteiger partial charge on any atom is -0.446 e. The van der Waals surface area contributed by atoms with E-state index in [1.54, 1.807) is 11.8 Å².